The van der Waals surface area contributed by atoms with Crippen LogP contribution in [0.15, 0.2) is 41.0 Å². The number of hydrogen-bond acceptors (Lipinski definition) is 5. The van der Waals surface area contributed by atoms with Gasteiger partial charge in [0.2, 0.25) is 0 Å². The lowest BCUT2D eigenvalue weighted by Crippen LogP contribution is -2.11. The van der Waals surface area contributed by atoms with Gasteiger partial charge in [0.25, 0.3) is 0 Å². The third kappa shape index (κ3) is 2.72. The molecule has 0 radical (unpaired) electrons. The van der Waals surface area contributed by atoms with Crippen molar-refractivity contribution in [2.24, 2.45) is 5.92 Å². The van der Waals surface area contributed by atoms with Gasteiger partial charge in [0.05, 0.1) is 26.4 Å². The Kier molecular flexibility index (Phi) is 3.56. The highest BCUT2D eigenvalue weighted by Gasteiger charge is 2.47. The molecule has 0 amide bonds. The summed E-state index contributed by atoms with van der Waals surface area (Å²) in [7, 11) is 3.10. The zero-order chi connectivity index (χ0) is 14.8. The van der Waals surface area contributed by atoms with Crippen LogP contribution < -0.4 is 14.2 Å². The van der Waals surface area contributed by atoms with E-state index in [1.165, 1.54) is 7.11 Å². The molecule has 0 saturated heterocycles. The number of esters is 1. The zero-order valence-electron chi connectivity index (χ0n) is 11.9. The second-order valence-electron chi connectivity index (χ2n) is 4.90. The molecule has 21 heavy (non-hydrogen) atoms. The number of rotatable bonds is 5. The summed E-state index contributed by atoms with van der Waals surface area (Å²) in [5.41, 5.74) is 0. The van der Waals surface area contributed by atoms with Crippen LogP contribution in [0.25, 0.3) is 0 Å². The lowest BCUT2D eigenvalue weighted by atomic mass is 10.2. The van der Waals surface area contributed by atoms with Crippen molar-refractivity contribution in [1.82, 2.24) is 0 Å². The molecule has 1 aliphatic carbocycles. The SMILES string of the molecule is COc1ccc(OC(=O)[C@@H]2C[C@@H]2c2ccco2)cc1OC. The maximum Gasteiger partial charge on any atom is 0.315 e. The Labute approximate surface area is 122 Å². The summed E-state index contributed by atoms with van der Waals surface area (Å²) in [6.07, 6.45) is 2.38. The van der Waals surface area contributed by atoms with Crippen molar-refractivity contribution in [3.8, 4) is 17.2 Å². The number of ether oxygens (including phenoxy) is 3. The van der Waals surface area contributed by atoms with Crippen LogP contribution in [0, 0.1) is 5.92 Å². The molecule has 0 aliphatic heterocycles. The van der Waals surface area contributed by atoms with E-state index in [0.29, 0.717) is 17.2 Å². The van der Waals surface area contributed by atoms with E-state index in [-0.39, 0.29) is 17.8 Å². The number of furan rings is 1. The number of carbonyl (C=O) groups excluding carboxylic acids is 1. The Morgan fingerprint density at radius 2 is 2.00 bits per heavy atom. The van der Waals surface area contributed by atoms with Crippen molar-refractivity contribution in [1.29, 1.82) is 0 Å². The monoisotopic (exact) mass is 288 g/mol. The second kappa shape index (κ2) is 5.52. The maximum atomic E-state index is 12.1. The summed E-state index contributed by atoms with van der Waals surface area (Å²) < 4.78 is 21.0. The van der Waals surface area contributed by atoms with Crippen molar-refractivity contribution >= 4 is 5.97 Å². The van der Waals surface area contributed by atoms with Crippen molar-refractivity contribution in [2.75, 3.05) is 14.2 Å². The molecule has 0 unspecified atom stereocenters. The Balaban J connectivity index is 1.66. The molecule has 3 rings (SSSR count). The third-order valence-corrected chi connectivity index (χ3v) is 3.58. The van der Waals surface area contributed by atoms with E-state index >= 15 is 0 Å². The van der Waals surface area contributed by atoms with E-state index in [1.807, 2.05) is 12.1 Å². The molecule has 1 heterocycles. The number of hydrogen-bond donors (Lipinski definition) is 0. The molecule has 0 N–H and O–H groups in total. The molecule has 1 aliphatic rings. The molecule has 5 nitrogen and oxygen atoms in total. The molecule has 2 aromatic rings. The van der Waals surface area contributed by atoms with E-state index in [4.69, 9.17) is 18.6 Å². The van der Waals surface area contributed by atoms with E-state index in [0.717, 1.165) is 12.2 Å². The fourth-order valence-corrected chi connectivity index (χ4v) is 2.34. The molecule has 2 atom stereocenters. The van der Waals surface area contributed by atoms with Gasteiger partial charge in [-0.3, -0.25) is 4.79 Å². The van der Waals surface area contributed by atoms with Crippen LogP contribution in [-0.2, 0) is 4.79 Å². The van der Waals surface area contributed by atoms with Crippen molar-refractivity contribution < 1.29 is 23.4 Å². The van der Waals surface area contributed by atoms with E-state index in [1.54, 1.807) is 31.6 Å². The minimum absolute atomic E-state index is 0.132. The third-order valence-electron chi connectivity index (χ3n) is 3.58. The summed E-state index contributed by atoms with van der Waals surface area (Å²) in [4.78, 5) is 12.1. The standard InChI is InChI=1S/C16H16O5/c1-18-14-6-5-10(8-15(14)19-2)21-16(17)12-9-11(12)13-4-3-7-20-13/h3-8,11-12H,9H2,1-2H3/t11-,12+/m0/s1. The molecule has 1 aromatic heterocycles. The predicted octanol–water partition coefficient (Wildman–Crippen LogP) is 3.01. The normalized spacial score (nSPS) is 19.9. The van der Waals surface area contributed by atoms with Crippen LogP contribution in [0.1, 0.15) is 18.1 Å². The van der Waals surface area contributed by atoms with Gasteiger partial charge >= 0.3 is 5.97 Å². The fourth-order valence-electron chi connectivity index (χ4n) is 2.34. The summed E-state index contributed by atoms with van der Waals surface area (Å²) in [6, 6.07) is 8.74. The molecule has 110 valence electrons. The zero-order valence-corrected chi connectivity index (χ0v) is 11.9. The molecule has 0 bridgehead atoms. The Bertz CT molecular complexity index is 632. The first-order chi connectivity index (χ1) is 10.2. The summed E-state index contributed by atoms with van der Waals surface area (Å²) >= 11 is 0. The van der Waals surface area contributed by atoms with Gasteiger partial charge < -0.3 is 18.6 Å². The molecule has 1 aromatic carbocycles. The average Bonchev–Trinajstić information content (AvgIpc) is 3.13. The average molecular weight is 288 g/mol. The van der Waals surface area contributed by atoms with Gasteiger partial charge in [0.15, 0.2) is 11.5 Å². The molecule has 5 heteroatoms. The summed E-state index contributed by atoms with van der Waals surface area (Å²) in [5.74, 6) is 2.16. The first-order valence-electron chi connectivity index (χ1n) is 6.70. The minimum atomic E-state index is -0.247. The van der Waals surface area contributed by atoms with Gasteiger partial charge in [0, 0.05) is 12.0 Å². The highest BCUT2D eigenvalue weighted by Crippen LogP contribution is 2.48. The number of methoxy groups -OCH3 is 2. The van der Waals surface area contributed by atoms with Crippen LogP contribution in [0.5, 0.6) is 17.2 Å². The van der Waals surface area contributed by atoms with Crippen LogP contribution in [0.3, 0.4) is 0 Å². The highest BCUT2D eigenvalue weighted by molar-refractivity contribution is 5.79. The van der Waals surface area contributed by atoms with Crippen LogP contribution in [0.2, 0.25) is 0 Å². The quantitative estimate of drug-likeness (QED) is 0.625. The molecule has 1 fully saturated rings. The molecular weight excluding hydrogens is 272 g/mol. The largest absolute Gasteiger partial charge is 0.493 e. The van der Waals surface area contributed by atoms with Gasteiger partial charge in [-0.2, -0.15) is 0 Å². The molecule has 1 saturated carbocycles. The van der Waals surface area contributed by atoms with Gasteiger partial charge in [0.1, 0.15) is 11.5 Å². The number of benzene rings is 1. The summed E-state index contributed by atoms with van der Waals surface area (Å²) in [6.45, 7) is 0. The van der Waals surface area contributed by atoms with Gasteiger partial charge in [-0.25, -0.2) is 0 Å². The fraction of sp³-hybridized carbons (Fsp3) is 0.312. The van der Waals surface area contributed by atoms with Gasteiger partial charge in [-0.05, 0) is 30.7 Å². The van der Waals surface area contributed by atoms with E-state index < -0.39 is 0 Å². The van der Waals surface area contributed by atoms with E-state index in [9.17, 15) is 4.79 Å². The van der Waals surface area contributed by atoms with E-state index in [2.05, 4.69) is 0 Å². The lowest BCUT2D eigenvalue weighted by molar-refractivity contribution is -0.136. The Morgan fingerprint density at radius 1 is 1.19 bits per heavy atom. The molecule has 0 spiro atoms. The van der Waals surface area contributed by atoms with Crippen LogP contribution in [-0.4, -0.2) is 20.2 Å². The van der Waals surface area contributed by atoms with Gasteiger partial charge in [-0.15, -0.1) is 0 Å². The predicted molar refractivity (Wildman–Crippen MR) is 74.7 cm³/mol. The van der Waals surface area contributed by atoms with Crippen LogP contribution >= 0.6 is 0 Å². The molecular formula is C16H16O5. The highest BCUT2D eigenvalue weighted by atomic mass is 16.5. The minimum Gasteiger partial charge on any atom is -0.493 e. The Hall–Kier alpha value is -2.43. The second-order valence-corrected chi connectivity index (χ2v) is 4.90. The summed E-state index contributed by atoms with van der Waals surface area (Å²) in [5, 5.41) is 0. The Morgan fingerprint density at radius 3 is 2.67 bits per heavy atom. The smallest absolute Gasteiger partial charge is 0.315 e. The van der Waals surface area contributed by atoms with Crippen LogP contribution in [0.4, 0.5) is 0 Å². The maximum absolute atomic E-state index is 12.1. The lowest BCUT2D eigenvalue weighted by Gasteiger charge is -2.09. The van der Waals surface area contributed by atoms with Gasteiger partial charge in [-0.1, -0.05) is 0 Å². The first-order valence-corrected chi connectivity index (χ1v) is 6.70. The number of carbonyl (C=O) groups is 1. The first kappa shape index (κ1) is 13.5. The van der Waals surface area contributed by atoms with Crippen molar-refractivity contribution in [2.45, 2.75) is 12.3 Å². The topological polar surface area (TPSA) is 57.9 Å². The van der Waals surface area contributed by atoms with Crippen molar-refractivity contribution in [3.05, 3.63) is 42.4 Å². The van der Waals surface area contributed by atoms with Crippen molar-refractivity contribution in [3.63, 3.8) is 0 Å².